The summed E-state index contributed by atoms with van der Waals surface area (Å²) in [7, 11) is 5.59. The predicted molar refractivity (Wildman–Crippen MR) is 57.7 cm³/mol. The van der Waals surface area contributed by atoms with Gasteiger partial charge in [0.15, 0.2) is 0 Å². The first-order valence-electron chi connectivity index (χ1n) is 4.44. The Hall–Kier alpha value is -0.720. The topological polar surface area (TPSA) is 50.3 Å². The second-order valence-electron chi connectivity index (χ2n) is 2.98. The highest BCUT2D eigenvalue weighted by atomic mass is 32.1. The number of nitrogens with zero attached hydrogens (tertiary/aromatic N) is 3. The van der Waals surface area contributed by atoms with Gasteiger partial charge in [0.1, 0.15) is 5.01 Å². The summed E-state index contributed by atoms with van der Waals surface area (Å²) in [5.74, 6) is 0. The van der Waals surface area contributed by atoms with E-state index in [1.165, 1.54) is 0 Å². The van der Waals surface area contributed by atoms with Crippen LogP contribution in [0.5, 0.6) is 0 Å². The molecule has 0 aliphatic rings. The number of aromatic nitrogens is 2. The average molecular weight is 216 g/mol. The van der Waals surface area contributed by atoms with Crippen LogP contribution in [0.3, 0.4) is 0 Å². The Bertz CT molecular complexity index is 266. The Morgan fingerprint density at radius 1 is 1.50 bits per heavy atom. The molecule has 0 aliphatic carbocycles. The summed E-state index contributed by atoms with van der Waals surface area (Å²) in [6, 6.07) is 0. The Morgan fingerprint density at radius 2 is 2.29 bits per heavy atom. The number of anilines is 1. The lowest BCUT2D eigenvalue weighted by Crippen LogP contribution is -2.22. The zero-order chi connectivity index (χ0) is 10.4. The molecule has 0 saturated heterocycles. The van der Waals surface area contributed by atoms with E-state index in [-0.39, 0.29) is 0 Å². The summed E-state index contributed by atoms with van der Waals surface area (Å²) in [6.45, 7) is 2.47. The highest BCUT2D eigenvalue weighted by Crippen LogP contribution is 2.15. The molecular formula is C8H16N4OS. The van der Waals surface area contributed by atoms with Crippen LogP contribution in [0.15, 0.2) is 0 Å². The molecule has 1 aromatic rings. The summed E-state index contributed by atoms with van der Waals surface area (Å²) in [6.07, 6.45) is 0. The van der Waals surface area contributed by atoms with E-state index < -0.39 is 0 Å². The van der Waals surface area contributed by atoms with Gasteiger partial charge in [-0.1, -0.05) is 11.3 Å². The highest BCUT2D eigenvalue weighted by Gasteiger charge is 2.05. The molecule has 0 aliphatic heterocycles. The summed E-state index contributed by atoms with van der Waals surface area (Å²) in [4.78, 5) is 2.16. The molecule has 0 fully saturated rings. The molecule has 0 amide bonds. The van der Waals surface area contributed by atoms with E-state index in [4.69, 9.17) is 4.74 Å². The number of rotatable bonds is 6. The van der Waals surface area contributed by atoms with Gasteiger partial charge in [0.2, 0.25) is 5.13 Å². The van der Waals surface area contributed by atoms with Crippen molar-refractivity contribution in [1.82, 2.24) is 15.1 Å². The van der Waals surface area contributed by atoms with Crippen molar-refractivity contribution in [2.45, 2.75) is 6.54 Å². The van der Waals surface area contributed by atoms with E-state index in [9.17, 15) is 0 Å². The van der Waals surface area contributed by atoms with Gasteiger partial charge in [-0.25, -0.2) is 0 Å². The van der Waals surface area contributed by atoms with E-state index in [0.29, 0.717) is 0 Å². The van der Waals surface area contributed by atoms with Crippen molar-refractivity contribution in [3.05, 3.63) is 5.01 Å². The third-order valence-electron chi connectivity index (χ3n) is 1.76. The van der Waals surface area contributed by atoms with Gasteiger partial charge in [-0.15, -0.1) is 10.2 Å². The first-order valence-corrected chi connectivity index (χ1v) is 5.25. The number of hydrogen-bond donors (Lipinski definition) is 1. The molecular weight excluding hydrogens is 200 g/mol. The molecule has 0 spiro atoms. The molecule has 0 radical (unpaired) electrons. The maximum atomic E-state index is 4.99. The maximum Gasteiger partial charge on any atom is 0.205 e. The Kier molecular flexibility index (Phi) is 4.78. The fourth-order valence-electron chi connectivity index (χ4n) is 0.976. The van der Waals surface area contributed by atoms with Gasteiger partial charge in [0.05, 0.1) is 13.2 Å². The molecule has 0 unspecified atom stereocenters. The Balaban J connectivity index is 2.35. The highest BCUT2D eigenvalue weighted by molar-refractivity contribution is 7.15. The van der Waals surface area contributed by atoms with E-state index >= 15 is 0 Å². The maximum absolute atomic E-state index is 4.99. The lowest BCUT2D eigenvalue weighted by atomic mass is 10.5. The van der Waals surface area contributed by atoms with Gasteiger partial charge in [-0.3, -0.25) is 4.90 Å². The second kappa shape index (κ2) is 5.90. The third-order valence-corrected chi connectivity index (χ3v) is 2.69. The largest absolute Gasteiger partial charge is 0.383 e. The molecule has 1 aromatic heterocycles. The van der Waals surface area contributed by atoms with E-state index in [1.54, 1.807) is 18.4 Å². The van der Waals surface area contributed by atoms with Gasteiger partial charge in [-0.2, -0.15) is 0 Å². The van der Waals surface area contributed by atoms with Crippen molar-refractivity contribution in [1.29, 1.82) is 0 Å². The smallest absolute Gasteiger partial charge is 0.205 e. The summed E-state index contributed by atoms with van der Waals surface area (Å²) in [5.41, 5.74) is 0. The molecule has 0 saturated carbocycles. The van der Waals surface area contributed by atoms with Crippen LogP contribution in [-0.4, -0.2) is 49.5 Å². The first kappa shape index (κ1) is 11.4. The van der Waals surface area contributed by atoms with Gasteiger partial charge in [0.25, 0.3) is 0 Å². The fraction of sp³-hybridized carbons (Fsp3) is 0.750. The SMILES string of the molecule is CNc1nnc(CN(C)CCOC)s1. The van der Waals surface area contributed by atoms with Crippen LogP contribution < -0.4 is 5.32 Å². The summed E-state index contributed by atoms with van der Waals surface area (Å²) >= 11 is 1.58. The lowest BCUT2D eigenvalue weighted by molar-refractivity contribution is 0.158. The van der Waals surface area contributed by atoms with Crippen LogP contribution in [0.25, 0.3) is 0 Å². The number of hydrogen-bond acceptors (Lipinski definition) is 6. The average Bonchev–Trinajstić information content (AvgIpc) is 2.62. The molecule has 1 N–H and O–H groups in total. The van der Waals surface area contributed by atoms with Crippen LogP contribution in [0.4, 0.5) is 5.13 Å². The van der Waals surface area contributed by atoms with E-state index in [1.807, 2.05) is 14.1 Å². The van der Waals surface area contributed by atoms with Crippen LogP contribution in [0, 0.1) is 0 Å². The second-order valence-corrected chi connectivity index (χ2v) is 4.04. The van der Waals surface area contributed by atoms with Crippen molar-refractivity contribution < 1.29 is 4.74 Å². The molecule has 5 nitrogen and oxygen atoms in total. The molecule has 14 heavy (non-hydrogen) atoms. The van der Waals surface area contributed by atoms with Crippen molar-refractivity contribution in [2.24, 2.45) is 0 Å². The minimum Gasteiger partial charge on any atom is -0.383 e. The summed E-state index contributed by atoms with van der Waals surface area (Å²) in [5, 5.41) is 12.9. The quantitative estimate of drug-likeness (QED) is 0.757. The van der Waals surface area contributed by atoms with Gasteiger partial charge in [0, 0.05) is 20.7 Å². The minimum absolute atomic E-state index is 0.744. The molecule has 6 heteroatoms. The Labute approximate surface area is 88.1 Å². The zero-order valence-electron chi connectivity index (χ0n) is 8.78. The predicted octanol–water partition coefficient (Wildman–Crippen LogP) is 0.658. The van der Waals surface area contributed by atoms with Gasteiger partial charge in [-0.05, 0) is 7.05 Å². The number of methoxy groups -OCH3 is 1. The lowest BCUT2D eigenvalue weighted by Gasteiger charge is -2.13. The fourth-order valence-corrected chi connectivity index (χ4v) is 1.75. The molecule has 0 atom stereocenters. The van der Waals surface area contributed by atoms with Crippen LogP contribution in [0.2, 0.25) is 0 Å². The van der Waals surface area contributed by atoms with Crippen LogP contribution >= 0.6 is 11.3 Å². The van der Waals surface area contributed by atoms with E-state index in [0.717, 1.165) is 29.8 Å². The molecule has 1 heterocycles. The van der Waals surface area contributed by atoms with Crippen molar-refractivity contribution in [2.75, 3.05) is 39.7 Å². The normalized spacial score (nSPS) is 10.9. The molecule has 80 valence electrons. The van der Waals surface area contributed by atoms with E-state index in [2.05, 4.69) is 20.4 Å². The minimum atomic E-state index is 0.744. The van der Waals surface area contributed by atoms with Gasteiger partial charge >= 0.3 is 0 Å². The zero-order valence-corrected chi connectivity index (χ0v) is 9.60. The number of likely N-dealkylation sites (N-methyl/N-ethyl adjacent to an activating group) is 1. The van der Waals surface area contributed by atoms with Crippen molar-refractivity contribution in [3.63, 3.8) is 0 Å². The Morgan fingerprint density at radius 3 is 2.86 bits per heavy atom. The number of ether oxygens (including phenoxy) is 1. The molecule has 0 bridgehead atoms. The molecule has 1 rings (SSSR count). The third kappa shape index (κ3) is 3.57. The van der Waals surface area contributed by atoms with Crippen molar-refractivity contribution in [3.8, 4) is 0 Å². The van der Waals surface area contributed by atoms with Gasteiger partial charge < -0.3 is 10.1 Å². The van der Waals surface area contributed by atoms with Crippen LogP contribution in [0.1, 0.15) is 5.01 Å². The standard InChI is InChI=1S/C8H16N4OS/c1-9-8-11-10-7(14-8)6-12(2)4-5-13-3/h4-6H2,1-3H3,(H,9,11). The first-order chi connectivity index (χ1) is 6.76. The monoisotopic (exact) mass is 216 g/mol. The summed E-state index contributed by atoms with van der Waals surface area (Å²) < 4.78 is 4.99. The molecule has 0 aromatic carbocycles. The van der Waals surface area contributed by atoms with Crippen LogP contribution in [-0.2, 0) is 11.3 Å². The van der Waals surface area contributed by atoms with Crippen molar-refractivity contribution >= 4 is 16.5 Å². The number of nitrogens with one attached hydrogen (secondary N) is 1.